The molecule has 9 heteroatoms. The maximum absolute atomic E-state index is 12.9. The number of carboxylic acids is 1. The van der Waals surface area contributed by atoms with Gasteiger partial charge in [0.25, 0.3) is 0 Å². The predicted octanol–water partition coefficient (Wildman–Crippen LogP) is 3.25. The number of alkyl carbamates (subject to hydrolysis) is 1. The molecule has 0 aromatic heterocycles. The number of amides is 2. The summed E-state index contributed by atoms with van der Waals surface area (Å²) in [4.78, 5) is 37.2. The molecular formula is C25H30N2O6S. The quantitative estimate of drug-likeness (QED) is 0.447. The van der Waals surface area contributed by atoms with Gasteiger partial charge in [0, 0.05) is 13.0 Å². The molecular weight excluding hydrogens is 456 g/mol. The van der Waals surface area contributed by atoms with E-state index in [2.05, 4.69) is 10.6 Å². The molecule has 0 saturated carbocycles. The van der Waals surface area contributed by atoms with Crippen LogP contribution in [0.15, 0.2) is 48.5 Å². The molecule has 2 aromatic rings. The van der Waals surface area contributed by atoms with Crippen molar-refractivity contribution in [3.05, 3.63) is 59.7 Å². The first-order valence-corrected chi connectivity index (χ1v) is 12.3. The number of carbonyl (C=O) groups is 3. The van der Waals surface area contributed by atoms with Gasteiger partial charge in [0.1, 0.15) is 18.2 Å². The summed E-state index contributed by atoms with van der Waals surface area (Å²) < 4.78 is 10.7. The summed E-state index contributed by atoms with van der Waals surface area (Å²) in [5.74, 6) is -1.35. The van der Waals surface area contributed by atoms with Crippen LogP contribution < -0.4 is 10.6 Å². The maximum atomic E-state index is 12.9. The second-order valence-electron chi connectivity index (χ2n) is 8.36. The number of fused-ring (bicyclic) bond motifs is 3. The fourth-order valence-corrected chi connectivity index (χ4v) is 4.59. The topological polar surface area (TPSA) is 114 Å². The summed E-state index contributed by atoms with van der Waals surface area (Å²) >= 11 is 1.48. The smallest absolute Gasteiger partial charge is 0.408 e. The van der Waals surface area contributed by atoms with Crippen LogP contribution in [0, 0.1) is 0 Å². The number of benzene rings is 2. The van der Waals surface area contributed by atoms with E-state index >= 15 is 0 Å². The van der Waals surface area contributed by atoms with Crippen molar-refractivity contribution in [1.29, 1.82) is 0 Å². The van der Waals surface area contributed by atoms with Gasteiger partial charge in [-0.25, -0.2) is 9.59 Å². The Morgan fingerprint density at radius 1 is 1.09 bits per heavy atom. The van der Waals surface area contributed by atoms with Crippen molar-refractivity contribution < 1.29 is 29.0 Å². The highest BCUT2D eigenvalue weighted by Crippen LogP contribution is 2.44. The summed E-state index contributed by atoms with van der Waals surface area (Å²) in [6.45, 7) is 1.41. The third-order valence-electron chi connectivity index (χ3n) is 5.87. The van der Waals surface area contributed by atoms with E-state index in [1.165, 1.54) is 25.8 Å². The fourth-order valence-electron chi connectivity index (χ4n) is 4.12. The molecule has 182 valence electrons. The lowest BCUT2D eigenvalue weighted by Gasteiger charge is -2.30. The van der Waals surface area contributed by atoms with Crippen LogP contribution in [0.3, 0.4) is 0 Å². The van der Waals surface area contributed by atoms with Gasteiger partial charge in [-0.15, -0.1) is 0 Å². The monoisotopic (exact) mass is 486 g/mol. The Bertz CT molecular complexity index is 1000. The standard InChI is InChI=1S/C25H30N2O6S/c1-25(15-32-2,23(30)26-21(22(28)29)12-13-34-3)27-24(31)33-14-20-18-10-6-4-8-16(18)17-9-5-7-11-19(17)20/h4-11,20-21H,12-15H2,1-3H3,(H,26,30)(H,27,31)(H,28,29)/t21-,25?/m1/s1. The average Bonchev–Trinajstić information content (AvgIpc) is 3.14. The number of carbonyl (C=O) groups excluding carboxylic acids is 2. The van der Waals surface area contributed by atoms with Crippen LogP contribution in [0.25, 0.3) is 11.1 Å². The SMILES string of the molecule is COCC(C)(NC(=O)OCC1c2ccccc2-c2ccccc21)C(=O)N[C@H](CCSC)C(=O)O. The van der Waals surface area contributed by atoms with Gasteiger partial charge in [0.05, 0.1) is 6.61 Å². The first kappa shape index (κ1) is 25.6. The van der Waals surface area contributed by atoms with Gasteiger partial charge in [0.15, 0.2) is 0 Å². The normalized spacial score (nSPS) is 14.9. The van der Waals surface area contributed by atoms with Crippen molar-refractivity contribution in [3.63, 3.8) is 0 Å². The molecule has 0 bridgehead atoms. The summed E-state index contributed by atoms with van der Waals surface area (Å²) in [5, 5.41) is 14.5. The molecule has 1 aliphatic carbocycles. The van der Waals surface area contributed by atoms with E-state index in [4.69, 9.17) is 9.47 Å². The molecule has 1 unspecified atom stereocenters. The minimum absolute atomic E-state index is 0.0933. The van der Waals surface area contributed by atoms with E-state index < -0.39 is 29.6 Å². The summed E-state index contributed by atoms with van der Waals surface area (Å²) in [6.07, 6.45) is 1.33. The molecule has 0 saturated heterocycles. The minimum atomic E-state index is -1.51. The Balaban J connectivity index is 1.68. The van der Waals surface area contributed by atoms with E-state index in [1.807, 2.05) is 54.8 Å². The van der Waals surface area contributed by atoms with Crippen LogP contribution in [-0.2, 0) is 19.1 Å². The molecule has 3 rings (SSSR count). The number of methoxy groups -OCH3 is 1. The fraction of sp³-hybridized carbons (Fsp3) is 0.400. The van der Waals surface area contributed by atoms with Crippen LogP contribution in [-0.4, -0.2) is 67.0 Å². The molecule has 2 aromatic carbocycles. The van der Waals surface area contributed by atoms with E-state index in [9.17, 15) is 19.5 Å². The van der Waals surface area contributed by atoms with Crippen LogP contribution in [0.5, 0.6) is 0 Å². The zero-order valence-corrected chi connectivity index (χ0v) is 20.3. The van der Waals surface area contributed by atoms with E-state index in [1.54, 1.807) is 0 Å². The Labute approximate surface area is 203 Å². The molecule has 2 atom stereocenters. The van der Waals surface area contributed by atoms with Gasteiger partial charge >= 0.3 is 12.1 Å². The van der Waals surface area contributed by atoms with E-state index in [0.717, 1.165) is 22.3 Å². The van der Waals surface area contributed by atoms with Gasteiger partial charge < -0.3 is 25.2 Å². The van der Waals surface area contributed by atoms with Gasteiger partial charge in [0.2, 0.25) is 5.91 Å². The molecule has 2 amide bonds. The highest BCUT2D eigenvalue weighted by Gasteiger charge is 2.38. The Morgan fingerprint density at radius 3 is 2.21 bits per heavy atom. The molecule has 0 spiro atoms. The maximum Gasteiger partial charge on any atom is 0.408 e. The van der Waals surface area contributed by atoms with Gasteiger partial charge in [-0.1, -0.05) is 48.5 Å². The number of carboxylic acid groups (broad SMARTS) is 1. The van der Waals surface area contributed by atoms with E-state index in [-0.39, 0.29) is 25.6 Å². The predicted molar refractivity (Wildman–Crippen MR) is 131 cm³/mol. The second-order valence-corrected chi connectivity index (χ2v) is 9.35. The molecule has 0 fully saturated rings. The molecule has 34 heavy (non-hydrogen) atoms. The third-order valence-corrected chi connectivity index (χ3v) is 6.51. The summed E-state index contributed by atoms with van der Waals surface area (Å²) in [5.41, 5.74) is 2.87. The van der Waals surface area contributed by atoms with Crippen LogP contribution in [0.1, 0.15) is 30.4 Å². The van der Waals surface area contributed by atoms with Crippen LogP contribution >= 0.6 is 11.8 Å². The van der Waals surface area contributed by atoms with Crippen molar-refractivity contribution in [2.45, 2.75) is 30.8 Å². The first-order chi connectivity index (χ1) is 16.3. The molecule has 0 aliphatic heterocycles. The Morgan fingerprint density at radius 2 is 1.68 bits per heavy atom. The molecule has 1 aliphatic rings. The lowest BCUT2D eigenvalue weighted by Crippen LogP contribution is -2.62. The van der Waals surface area contributed by atoms with Crippen molar-refractivity contribution in [3.8, 4) is 11.1 Å². The van der Waals surface area contributed by atoms with Gasteiger partial charge in [-0.05, 0) is 47.6 Å². The highest BCUT2D eigenvalue weighted by atomic mass is 32.2. The van der Waals surface area contributed by atoms with E-state index in [0.29, 0.717) is 5.75 Å². The van der Waals surface area contributed by atoms with Crippen LogP contribution in [0.4, 0.5) is 4.79 Å². The van der Waals surface area contributed by atoms with Crippen molar-refractivity contribution in [2.24, 2.45) is 0 Å². The van der Waals surface area contributed by atoms with Crippen LogP contribution in [0.2, 0.25) is 0 Å². The highest BCUT2D eigenvalue weighted by molar-refractivity contribution is 7.98. The molecule has 0 heterocycles. The van der Waals surface area contributed by atoms with Gasteiger partial charge in [-0.2, -0.15) is 11.8 Å². The number of hydrogen-bond acceptors (Lipinski definition) is 6. The number of thioether (sulfide) groups is 1. The largest absolute Gasteiger partial charge is 0.480 e. The zero-order chi connectivity index (χ0) is 24.7. The number of aliphatic carboxylic acids is 1. The first-order valence-electron chi connectivity index (χ1n) is 11.0. The minimum Gasteiger partial charge on any atom is -0.480 e. The number of hydrogen-bond donors (Lipinski definition) is 3. The van der Waals surface area contributed by atoms with Gasteiger partial charge in [-0.3, -0.25) is 4.79 Å². The number of rotatable bonds is 11. The Hall–Kier alpha value is -3.04. The number of nitrogens with one attached hydrogen (secondary N) is 2. The lowest BCUT2D eigenvalue weighted by molar-refractivity contribution is -0.143. The van der Waals surface area contributed by atoms with Crippen molar-refractivity contribution in [2.75, 3.05) is 32.3 Å². The van der Waals surface area contributed by atoms with Crippen molar-refractivity contribution >= 4 is 29.7 Å². The molecule has 0 radical (unpaired) electrons. The third kappa shape index (κ3) is 5.71. The Kier molecular flexibility index (Phi) is 8.57. The molecule has 3 N–H and O–H groups in total. The second kappa shape index (κ2) is 11.4. The molecule has 8 nitrogen and oxygen atoms in total. The summed E-state index contributed by atoms with van der Waals surface area (Å²) in [6, 6.07) is 14.9. The number of ether oxygens (including phenoxy) is 2. The zero-order valence-electron chi connectivity index (χ0n) is 19.5. The summed E-state index contributed by atoms with van der Waals surface area (Å²) in [7, 11) is 1.40. The lowest BCUT2D eigenvalue weighted by atomic mass is 9.98. The van der Waals surface area contributed by atoms with Crippen molar-refractivity contribution in [1.82, 2.24) is 10.6 Å². The average molecular weight is 487 g/mol.